The van der Waals surface area contributed by atoms with E-state index in [9.17, 15) is 0 Å². The van der Waals surface area contributed by atoms with E-state index in [0.29, 0.717) is 11.3 Å². The van der Waals surface area contributed by atoms with Gasteiger partial charge in [0, 0.05) is 5.92 Å². The molecule has 0 spiro atoms. The molecule has 0 aromatic heterocycles. The third kappa shape index (κ3) is 0.770. The molecule has 3 rings (SSSR count). The van der Waals surface area contributed by atoms with Crippen LogP contribution in [0.4, 0.5) is 0 Å². The van der Waals surface area contributed by atoms with Gasteiger partial charge in [0.05, 0.1) is 12.9 Å². The highest BCUT2D eigenvalue weighted by Crippen LogP contribution is 2.59. The van der Waals surface area contributed by atoms with Gasteiger partial charge < -0.3 is 4.74 Å². The molecule has 62 valence electrons. The van der Waals surface area contributed by atoms with Gasteiger partial charge in [-0.05, 0) is 30.3 Å². The van der Waals surface area contributed by atoms with Crippen LogP contribution in [0, 0.1) is 17.3 Å². The summed E-state index contributed by atoms with van der Waals surface area (Å²) >= 11 is 0. The SMILES string of the molecule is COC1=CCC2CC1C2(C)C. The average Bonchev–Trinajstić information content (AvgIpc) is 2.04. The fraction of sp³-hybridized carbons (Fsp3) is 0.800. The lowest BCUT2D eigenvalue weighted by Gasteiger charge is -2.55. The molecular weight excluding hydrogens is 136 g/mol. The van der Waals surface area contributed by atoms with Gasteiger partial charge in [0.1, 0.15) is 0 Å². The molecular formula is C10H16O. The predicted octanol–water partition coefficient (Wildman–Crippen LogP) is 2.58. The molecule has 2 atom stereocenters. The molecule has 1 fully saturated rings. The summed E-state index contributed by atoms with van der Waals surface area (Å²) in [6.07, 6.45) is 4.85. The van der Waals surface area contributed by atoms with Crippen molar-refractivity contribution in [1.29, 1.82) is 0 Å². The topological polar surface area (TPSA) is 9.23 Å². The molecule has 0 aromatic rings. The third-order valence-electron chi connectivity index (χ3n) is 3.65. The van der Waals surface area contributed by atoms with Crippen molar-refractivity contribution in [3.63, 3.8) is 0 Å². The smallest absolute Gasteiger partial charge is 0.0952 e. The minimum Gasteiger partial charge on any atom is -0.501 e. The van der Waals surface area contributed by atoms with Gasteiger partial charge in [-0.3, -0.25) is 0 Å². The van der Waals surface area contributed by atoms with Crippen molar-refractivity contribution >= 4 is 0 Å². The molecule has 1 nitrogen and oxygen atoms in total. The number of rotatable bonds is 1. The molecule has 0 radical (unpaired) electrons. The molecule has 1 saturated carbocycles. The average molecular weight is 152 g/mol. The van der Waals surface area contributed by atoms with E-state index in [1.807, 2.05) is 0 Å². The lowest BCUT2D eigenvalue weighted by Crippen LogP contribution is -2.48. The number of allylic oxidation sites excluding steroid dienone is 2. The Bertz CT molecular complexity index is 203. The fourth-order valence-corrected chi connectivity index (χ4v) is 2.53. The van der Waals surface area contributed by atoms with Crippen LogP contribution >= 0.6 is 0 Å². The number of fused-ring (bicyclic) bond motifs is 1. The first kappa shape index (κ1) is 7.20. The summed E-state index contributed by atoms with van der Waals surface area (Å²) in [5.74, 6) is 2.87. The van der Waals surface area contributed by atoms with Gasteiger partial charge >= 0.3 is 0 Å². The van der Waals surface area contributed by atoms with Crippen LogP contribution in [0.5, 0.6) is 0 Å². The molecule has 11 heavy (non-hydrogen) atoms. The van der Waals surface area contributed by atoms with Crippen molar-refractivity contribution in [2.24, 2.45) is 17.3 Å². The Labute approximate surface area is 68.4 Å². The Balaban J connectivity index is 2.23. The largest absolute Gasteiger partial charge is 0.501 e. The van der Waals surface area contributed by atoms with E-state index in [1.54, 1.807) is 7.11 Å². The molecule has 0 saturated heterocycles. The fourth-order valence-electron chi connectivity index (χ4n) is 2.53. The van der Waals surface area contributed by atoms with Crippen LogP contribution in [0.25, 0.3) is 0 Å². The molecule has 0 aliphatic heterocycles. The molecule has 0 aromatic carbocycles. The second kappa shape index (κ2) is 2.02. The number of hydrogen-bond acceptors (Lipinski definition) is 1. The minimum atomic E-state index is 0.514. The molecule has 0 heterocycles. The van der Waals surface area contributed by atoms with E-state index in [-0.39, 0.29) is 0 Å². The van der Waals surface area contributed by atoms with E-state index in [1.165, 1.54) is 18.6 Å². The van der Waals surface area contributed by atoms with Gasteiger partial charge in [0.2, 0.25) is 0 Å². The molecule has 0 amide bonds. The summed E-state index contributed by atoms with van der Waals surface area (Å²) < 4.78 is 5.34. The number of hydrogen-bond donors (Lipinski definition) is 0. The van der Waals surface area contributed by atoms with Gasteiger partial charge in [-0.25, -0.2) is 0 Å². The molecule has 1 heteroatoms. The van der Waals surface area contributed by atoms with E-state index in [0.717, 1.165) is 5.92 Å². The third-order valence-corrected chi connectivity index (χ3v) is 3.65. The highest BCUT2D eigenvalue weighted by molar-refractivity contribution is 5.18. The summed E-state index contributed by atoms with van der Waals surface area (Å²) in [5, 5.41) is 0. The van der Waals surface area contributed by atoms with E-state index >= 15 is 0 Å². The summed E-state index contributed by atoms with van der Waals surface area (Å²) in [7, 11) is 1.79. The minimum absolute atomic E-state index is 0.514. The van der Waals surface area contributed by atoms with Crippen LogP contribution < -0.4 is 0 Å². The van der Waals surface area contributed by atoms with Gasteiger partial charge in [-0.1, -0.05) is 13.8 Å². The van der Waals surface area contributed by atoms with Crippen LogP contribution in [0.1, 0.15) is 26.7 Å². The zero-order chi connectivity index (χ0) is 8.06. The maximum Gasteiger partial charge on any atom is 0.0952 e. The van der Waals surface area contributed by atoms with Crippen LogP contribution in [0.3, 0.4) is 0 Å². The quantitative estimate of drug-likeness (QED) is 0.561. The summed E-state index contributed by atoms with van der Waals surface area (Å²) in [4.78, 5) is 0. The lowest BCUT2D eigenvalue weighted by atomic mass is 9.50. The Morgan fingerprint density at radius 2 is 2.27 bits per heavy atom. The van der Waals surface area contributed by atoms with Crippen LogP contribution in [0.2, 0.25) is 0 Å². The van der Waals surface area contributed by atoms with Gasteiger partial charge in [-0.15, -0.1) is 0 Å². The molecule has 0 N–H and O–H groups in total. The first-order valence-corrected chi connectivity index (χ1v) is 4.40. The van der Waals surface area contributed by atoms with Crippen LogP contribution in [0.15, 0.2) is 11.8 Å². The summed E-state index contributed by atoms with van der Waals surface area (Å²) in [5.41, 5.74) is 0.514. The number of ether oxygens (including phenoxy) is 1. The van der Waals surface area contributed by atoms with Gasteiger partial charge in [0.25, 0.3) is 0 Å². The monoisotopic (exact) mass is 152 g/mol. The highest BCUT2D eigenvalue weighted by Gasteiger charge is 2.51. The molecule has 2 bridgehead atoms. The van der Waals surface area contributed by atoms with Gasteiger partial charge in [0.15, 0.2) is 0 Å². The van der Waals surface area contributed by atoms with Crippen molar-refractivity contribution < 1.29 is 4.74 Å². The van der Waals surface area contributed by atoms with E-state index in [4.69, 9.17) is 4.74 Å². The number of methoxy groups -OCH3 is 1. The lowest BCUT2D eigenvalue weighted by molar-refractivity contribution is -0.0398. The zero-order valence-electron chi connectivity index (χ0n) is 7.55. The summed E-state index contributed by atoms with van der Waals surface area (Å²) in [6, 6.07) is 0. The van der Waals surface area contributed by atoms with E-state index in [2.05, 4.69) is 19.9 Å². The molecule has 3 aliphatic rings. The Morgan fingerprint density at radius 1 is 1.55 bits per heavy atom. The van der Waals surface area contributed by atoms with Crippen molar-refractivity contribution in [1.82, 2.24) is 0 Å². The van der Waals surface area contributed by atoms with Gasteiger partial charge in [-0.2, -0.15) is 0 Å². The van der Waals surface area contributed by atoms with Crippen LogP contribution in [-0.2, 0) is 4.74 Å². The van der Waals surface area contributed by atoms with Crippen molar-refractivity contribution in [2.75, 3.05) is 7.11 Å². The predicted molar refractivity (Wildman–Crippen MR) is 45.1 cm³/mol. The normalized spacial score (nSPS) is 39.0. The van der Waals surface area contributed by atoms with Crippen molar-refractivity contribution in [2.45, 2.75) is 26.7 Å². The van der Waals surface area contributed by atoms with Crippen molar-refractivity contribution in [3.05, 3.63) is 11.8 Å². The maximum absolute atomic E-state index is 5.34. The Kier molecular flexibility index (Phi) is 1.33. The first-order chi connectivity index (χ1) is 5.16. The standard InChI is InChI=1S/C10H16O/c1-10(2)7-4-5-9(11-3)8(10)6-7/h5,7-8H,4,6H2,1-3H3. The first-order valence-electron chi connectivity index (χ1n) is 4.40. The molecule has 3 aliphatic carbocycles. The van der Waals surface area contributed by atoms with Crippen molar-refractivity contribution in [3.8, 4) is 0 Å². The molecule has 2 unspecified atom stereocenters. The summed E-state index contributed by atoms with van der Waals surface area (Å²) in [6.45, 7) is 4.72. The zero-order valence-corrected chi connectivity index (χ0v) is 7.55. The Hall–Kier alpha value is -0.460. The maximum atomic E-state index is 5.34. The second-order valence-electron chi connectivity index (χ2n) is 4.35. The van der Waals surface area contributed by atoms with E-state index < -0.39 is 0 Å². The highest BCUT2D eigenvalue weighted by atomic mass is 16.5. The Morgan fingerprint density at radius 3 is 2.64 bits per heavy atom. The van der Waals surface area contributed by atoms with Crippen LogP contribution in [-0.4, -0.2) is 7.11 Å². The second-order valence-corrected chi connectivity index (χ2v) is 4.35.